The van der Waals surface area contributed by atoms with Crippen LogP contribution in [-0.2, 0) is 4.79 Å². The van der Waals surface area contributed by atoms with E-state index in [0.29, 0.717) is 22.9 Å². The summed E-state index contributed by atoms with van der Waals surface area (Å²) < 4.78 is 4.90. The molecule has 5 heteroatoms. The Morgan fingerprint density at radius 3 is 2.38 bits per heavy atom. The highest BCUT2D eigenvalue weighted by Crippen LogP contribution is 2.17. The average molecular weight is 180 g/mol. The summed E-state index contributed by atoms with van der Waals surface area (Å²) in [7, 11) is 1.53. The molecule has 0 aliphatic heterocycles. The van der Waals surface area contributed by atoms with Crippen molar-refractivity contribution in [1.29, 1.82) is 0 Å². The standard InChI is InChI=1S/C8H8N2O3/c1-13-8-4-2-7(3-5-8)10(6-11)9-12/h2-6H,1H3. The molecule has 0 radical (unpaired) electrons. The molecule has 0 saturated heterocycles. The molecule has 1 aromatic rings. The molecule has 13 heavy (non-hydrogen) atoms. The van der Waals surface area contributed by atoms with Crippen LogP contribution in [0.5, 0.6) is 5.75 Å². The van der Waals surface area contributed by atoms with Gasteiger partial charge in [0, 0.05) is 0 Å². The van der Waals surface area contributed by atoms with Gasteiger partial charge in [0.2, 0.25) is 6.41 Å². The molecule has 0 N–H and O–H groups in total. The van der Waals surface area contributed by atoms with Crippen LogP contribution in [-0.4, -0.2) is 13.5 Å². The van der Waals surface area contributed by atoms with E-state index in [4.69, 9.17) is 4.74 Å². The summed E-state index contributed by atoms with van der Waals surface area (Å²) in [5.74, 6) is 0.653. The van der Waals surface area contributed by atoms with Gasteiger partial charge in [0.05, 0.1) is 18.1 Å². The quantitative estimate of drug-likeness (QED) is 0.399. The van der Waals surface area contributed by atoms with Gasteiger partial charge in [-0.1, -0.05) is 0 Å². The Labute approximate surface area is 74.9 Å². The maximum Gasteiger partial charge on any atom is 0.237 e. The van der Waals surface area contributed by atoms with Crippen molar-refractivity contribution >= 4 is 12.1 Å². The highest BCUT2D eigenvalue weighted by molar-refractivity contribution is 5.73. The van der Waals surface area contributed by atoms with Crippen LogP contribution in [0, 0.1) is 4.91 Å². The molecule has 0 saturated carbocycles. The molecule has 0 aliphatic carbocycles. The molecule has 1 amide bonds. The van der Waals surface area contributed by atoms with Crippen LogP contribution in [0.1, 0.15) is 0 Å². The van der Waals surface area contributed by atoms with Crippen LogP contribution in [0.3, 0.4) is 0 Å². The zero-order valence-electron chi connectivity index (χ0n) is 7.01. The van der Waals surface area contributed by atoms with Crippen molar-refractivity contribution in [3.05, 3.63) is 29.2 Å². The Hall–Kier alpha value is -1.91. The van der Waals surface area contributed by atoms with E-state index in [1.54, 1.807) is 24.3 Å². The lowest BCUT2D eigenvalue weighted by atomic mass is 10.3. The van der Waals surface area contributed by atoms with Gasteiger partial charge >= 0.3 is 0 Å². The first kappa shape index (κ1) is 9.18. The van der Waals surface area contributed by atoms with Gasteiger partial charge in [0.15, 0.2) is 0 Å². The first-order valence-corrected chi connectivity index (χ1v) is 3.53. The number of methoxy groups -OCH3 is 1. The first-order chi connectivity index (χ1) is 6.31. The van der Waals surface area contributed by atoms with Crippen molar-refractivity contribution in [2.75, 3.05) is 12.1 Å². The fourth-order valence-electron chi connectivity index (χ4n) is 0.862. The molecule has 0 aliphatic rings. The van der Waals surface area contributed by atoms with Crippen LogP contribution in [0.2, 0.25) is 0 Å². The van der Waals surface area contributed by atoms with Gasteiger partial charge in [-0.15, -0.1) is 4.91 Å². The van der Waals surface area contributed by atoms with Crippen LogP contribution < -0.4 is 9.75 Å². The van der Waals surface area contributed by atoms with Crippen molar-refractivity contribution in [3.8, 4) is 5.75 Å². The molecular weight excluding hydrogens is 172 g/mol. The highest BCUT2D eigenvalue weighted by atomic mass is 16.5. The number of carbonyl (C=O) groups is 1. The van der Waals surface area contributed by atoms with Crippen LogP contribution in [0.4, 0.5) is 5.69 Å². The second kappa shape index (κ2) is 4.20. The van der Waals surface area contributed by atoms with E-state index in [1.165, 1.54) is 7.11 Å². The van der Waals surface area contributed by atoms with Gasteiger partial charge in [-0.25, -0.2) is 0 Å². The number of hydrogen-bond acceptors (Lipinski definition) is 4. The van der Waals surface area contributed by atoms with Crippen molar-refractivity contribution in [1.82, 2.24) is 0 Å². The largest absolute Gasteiger partial charge is 0.497 e. The summed E-state index contributed by atoms with van der Waals surface area (Å²) in [6, 6.07) is 6.40. The van der Waals surface area contributed by atoms with Gasteiger partial charge in [0.25, 0.3) is 0 Å². The molecule has 0 atom stereocenters. The Morgan fingerprint density at radius 2 is 2.00 bits per heavy atom. The maximum absolute atomic E-state index is 10.3. The predicted molar refractivity (Wildman–Crippen MR) is 47.3 cm³/mol. The maximum atomic E-state index is 10.3. The van der Waals surface area contributed by atoms with Crippen molar-refractivity contribution in [2.45, 2.75) is 0 Å². The third-order valence-electron chi connectivity index (χ3n) is 1.52. The number of nitrogens with zero attached hydrogens (tertiary/aromatic N) is 2. The van der Waals surface area contributed by atoms with Crippen molar-refractivity contribution in [3.63, 3.8) is 0 Å². The number of benzene rings is 1. The van der Waals surface area contributed by atoms with Gasteiger partial charge in [-0.05, 0) is 24.3 Å². The Morgan fingerprint density at radius 1 is 1.38 bits per heavy atom. The van der Waals surface area contributed by atoms with Crippen molar-refractivity contribution < 1.29 is 9.53 Å². The Kier molecular flexibility index (Phi) is 2.97. The first-order valence-electron chi connectivity index (χ1n) is 3.53. The van der Waals surface area contributed by atoms with Gasteiger partial charge < -0.3 is 4.74 Å². The average Bonchev–Trinajstić information content (AvgIpc) is 2.21. The van der Waals surface area contributed by atoms with Gasteiger partial charge in [0.1, 0.15) is 5.75 Å². The van der Waals surface area contributed by atoms with E-state index >= 15 is 0 Å². The lowest BCUT2D eigenvalue weighted by Crippen LogP contribution is -2.11. The molecule has 1 rings (SSSR count). The van der Waals surface area contributed by atoms with Crippen LogP contribution >= 0.6 is 0 Å². The summed E-state index contributed by atoms with van der Waals surface area (Å²) >= 11 is 0. The molecule has 0 spiro atoms. The summed E-state index contributed by atoms with van der Waals surface area (Å²) in [6.07, 6.45) is 0.342. The number of nitroso groups, excluding NO2 is 1. The summed E-state index contributed by atoms with van der Waals surface area (Å²) in [6.45, 7) is 0. The molecule has 0 fully saturated rings. The summed E-state index contributed by atoms with van der Waals surface area (Å²) in [5.41, 5.74) is 0.408. The molecule has 1 aromatic carbocycles. The van der Waals surface area contributed by atoms with E-state index < -0.39 is 0 Å². The molecule has 0 unspecified atom stereocenters. The van der Waals surface area contributed by atoms with Gasteiger partial charge in [-0.3, -0.25) is 4.79 Å². The highest BCUT2D eigenvalue weighted by Gasteiger charge is 2.03. The molecule has 5 nitrogen and oxygen atoms in total. The van der Waals surface area contributed by atoms with Gasteiger partial charge in [-0.2, -0.15) is 5.01 Å². The summed E-state index contributed by atoms with van der Waals surface area (Å²) in [4.78, 5) is 20.4. The Balaban J connectivity index is 2.90. The normalized spacial score (nSPS) is 9.00. The molecule has 0 heterocycles. The number of carbonyl (C=O) groups excluding carboxylic acids is 1. The number of ether oxygens (including phenoxy) is 1. The number of rotatable bonds is 4. The minimum Gasteiger partial charge on any atom is -0.497 e. The zero-order chi connectivity index (χ0) is 9.68. The van der Waals surface area contributed by atoms with E-state index in [0.717, 1.165) is 0 Å². The van der Waals surface area contributed by atoms with E-state index in [2.05, 4.69) is 5.29 Å². The fraction of sp³-hybridized carbons (Fsp3) is 0.125. The minimum atomic E-state index is 0.342. The number of amides is 1. The topological polar surface area (TPSA) is 59.0 Å². The second-order valence-corrected chi connectivity index (χ2v) is 2.23. The summed E-state index contributed by atoms with van der Waals surface area (Å²) in [5, 5.41) is 3.20. The molecule has 0 bridgehead atoms. The molecular formula is C8H8N2O3. The second-order valence-electron chi connectivity index (χ2n) is 2.23. The van der Waals surface area contributed by atoms with E-state index in [1.807, 2.05) is 0 Å². The number of anilines is 1. The number of hydrogen-bond donors (Lipinski definition) is 0. The minimum absolute atomic E-state index is 0.342. The zero-order valence-corrected chi connectivity index (χ0v) is 7.01. The van der Waals surface area contributed by atoms with E-state index in [-0.39, 0.29) is 0 Å². The molecule has 0 aromatic heterocycles. The van der Waals surface area contributed by atoms with Crippen LogP contribution in [0.15, 0.2) is 29.6 Å². The third kappa shape index (κ3) is 2.02. The smallest absolute Gasteiger partial charge is 0.237 e. The molecule has 68 valence electrons. The predicted octanol–water partition coefficient (Wildman–Crippen LogP) is 1.34. The lowest BCUT2D eigenvalue weighted by Gasteiger charge is -2.06. The Bertz CT molecular complexity index is 289. The van der Waals surface area contributed by atoms with Crippen LogP contribution in [0.25, 0.3) is 0 Å². The monoisotopic (exact) mass is 180 g/mol. The SMILES string of the molecule is COc1ccc(N(C=O)N=O)cc1. The fourth-order valence-corrected chi connectivity index (χ4v) is 0.862. The van der Waals surface area contributed by atoms with E-state index in [9.17, 15) is 9.70 Å². The lowest BCUT2D eigenvalue weighted by molar-refractivity contribution is -0.107. The van der Waals surface area contributed by atoms with Crippen molar-refractivity contribution in [2.24, 2.45) is 5.29 Å². The third-order valence-corrected chi connectivity index (χ3v) is 1.52.